The summed E-state index contributed by atoms with van der Waals surface area (Å²) in [5.41, 5.74) is 0. The molecule has 0 bridgehead atoms. The Balaban J connectivity index is 2.23. The fourth-order valence-electron chi connectivity index (χ4n) is 1.47. The Labute approximate surface area is 104 Å². The van der Waals surface area contributed by atoms with Crippen molar-refractivity contribution in [3.05, 3.63) is 20.8 Å². The van der Waals surface area contributed by atoms with Gasteiger partial charge in [0.1, 0.15) is 0 Å². The lowest BCUT2D eigenvalue weighted by Gasteiger charge is -2.13. The molecule has 4 heteroatoms. The number of rotatable bonds is 7. The van der Waals surface area contributed by atoms with Crippen LogP contribution in [0.1, 0.15) is 24.6 Å². The van der Waals surface area contributed by atoms with Gasteiger partial charge in [0.15, 0.2) is 0 Å². The summed E-state index contributed by atoms with van der Waals surface area (Å²) >= 11 is 5.28. The van der Waals surface area contributed by atoms with E-state index in [0.717, 1.165) is 25.9 Å². The summed E-state index contributed by atoms with van der Waals surface area (Å²) in [6.45, 7) is 4.37. The Morgan fingerprint density at radius 2 is 2.40 bits per heavy atom. The van der Waals surface area contributed by atoms with Gasteiger partial charge in [-0.3, -0.25) is 0 Å². The van der Waals surface area contributed by atoms with E-state index in [-0.39, 0.29) is 0 Å². The van der Waals surface area contributed by atoms with Gasteiger partial charge in [-0.05, 0) is 46.3 Å². The normalized spacial score (nSPS) is 13.0. The molecule has 0 aliphatic carbocycles. The summed E-state index contributed by atoms with van der Waals surface area (Å²) in [6.07, 6.45) is 2.02. The first-order chi connectivity index (χ1) is 7.27. The van der Waals surface area contributed by atoms with E-state index in [1.54, 1.807) is 11.3 Å². The van der Waals surface area contributed by atoms with E-state index in [2.05, 4.69) is 39.6 Å². The molecule has 0 saturated carbocycles. The number of aliphatic hydroxyl groups excluding tert-OH is 1. The lowest BCUT2D eigenvalue weighted by Crippen LogP contribution is -2.22. The van der Waals surface area contributed by atoms with Gasteiger partial charge in [-0.1, -0.05) is 13.3 Å². The second-order valence-corrected chi connectivity index (χ2v) is 5.46. The van der Waals surface area contributed by atoms with Crippen molar-refractivity contribution in [1.82, 2.24) is 5.32 Å². The number of aliphatic hydroxyl groups is 1. The second-order valence-electron chi connectivity index (χ2n) is 3.61. The Bertz CT molecular complexity index is 277. The van der Waals surface area contributed by atoms with Crippen LogP contribution in [0.15, 0.2) is 15.9 Å². The third-order valence-electron chi connectivity index (χ3n) is 2.52. The molecule has 86 valence electrons. The van der Waals surface area contributed by atoms with Gasteiger partial charge in [0, 0.05) is 22.5 Å². The Hall–Kier alpha value is 0.100. The molecule has 1 aromatic heterocycles. The molecule has 0 amide bonds. The predicted octanol–water partition coefficient (Wildman–Crippen LogP) is 3.01. The van der Waals surface area contributed by atoms with Gasteiger partial charge < -0.3 is 10.4 Å². The molecule has 0 radical (unpaired) electrons. The average molecular weight is 292 g/mol. The molecule has 0 aliphatic rings. The third-order valence-corrected chi connectivity index (χ3v) is 4.45. The highest BCUT2D eigenvalue weighted by molar-refractivity contribution is 9.10. The monoisotopic (exact) mass is 291 g/mol. The molecular weight excluding hydrogens is 274 g/mol. The van der Waals surface area contributed by atoms with Crippen LogP contribution in [0.3, 0.4) is 0 Å². The molecular formula is C11H18BrNOS. The minimum absolute atomic E-state index is 0.295. The molecule has 0 saturated heterocycles. The highest BCUT2D eigenvalue weighted by atomic mass is 79.9. The molecule has 0 aliphatic heterocycles. The van der Waals surface area contributed by atoms with Crippen LogP contribution in [-0.2, 0) is 6.54 Å². The Morgan fingerprint density at radius 3 is 2.93 bits per heavy atom. The maximum absolute atomic E-state index is 8.86. The van der Waals surface area contributed by atoms with Crippen LogP contribution in [0.2, 0.25) is 0 Å². The van der Waals surface area contributed by atoms with E-state index in [1.165, 1.54) is 9.35 Å². The van der Waals surface area contributed by atoms with Gasteiger partial charge in [0.25, 0.3) is 0 Å². The predicted molar refractivity (Wildman–Crippen MR) is 69.2 cm³/mol. The first kappa shape index (κ1) is 13.2. The maximum atomic E-state index is 8.86. The highest BCUT2D eigenvalue weighted by Crippen LogP contribution is 2.22. The van der Waals surface area contributed by atoms with Gasteiger partial charge in [-0.2, -0.15) is 0 Å². The van der Waals surface area contributed by atoms with Crippen LogP contribution >= 0.6 is 27.3 Å². The first-order valence-electron chi connectivity index (χ1n) is 5.31. The van der Waals surface area contributed by atoms with Crippen LogP contribution in [0.25, 0.3) is 0 Å². The second kappa shape index (κ2) is 7.39. The van der Waals surface area contributed by atoms with Crippen molar-refractivity contribution in [2.24, 2.45) is 5.92 Å². The van der Waals surface area contributed by atoms with E-state index >= 15 is 0 Å². The summed E-state index contributed by atoms with van der Waals surface area (Å²) in [5, 5.41) is 14.4. The van der Waals surface area contributed by atoms with Crippen molar-refractivity contribution in [2.45, 2.75) is 26.3 Å². The molecule has 0 spiro atoms. The summed E-state index contributed by atoms with van der Waals surface area (Å²) in [4.78, 5) is 1.34. The smallest absolute Gasteiger partial charge is 0.0434 e. The van der Waals surface area contributed by atoms with E-state index in [4.69, 9.17) is 5.11 Å². The summed E-state index contributed by atoms with van der Waals surface area (Å²) < 4.78 is 1.19. The van der Waals surface area contributed by atoms with E-state index in [0.29, 0.717) is 12.5 Å². The number of hydrogen-bond donors (Lipinski definition) is 2. The topological polar surface area (TPSA) is 32.3 Å². The number of halogens is 1. The zero-order valence-electron chi connectivity index (χ0n) is 9.00. The number of hydrogen-bond acceptors (Lipinski definition) is 3. The van der Waals surface area contributed by atoms with Gasteiger partial charge in [-0.15, -0.1) is 11.3 Å². The Morgan fingerprint density at radius 1 is 1.60 bits per heavy atom. The molecule has 1 atom stereocenters. The van der Waals surface area contributed by atoms with Crippen LogP contribution in [0.4, 0.5) is 0 Å². The van der Waals surface area contributed by atoms with Crippen LogP contribution in [0.5, 0.6) is 0 Å². The minimum atomic E-state index is 0.295. The summed E-state index contributed by atoms with van der Waals surface area (Å²) in [6, 6.07) is 2.08. The van der Waals surface area contributed by atoms with Crippen molar-refractivity contribution >= 4 is 27.3 Å². The number of thiophene rings is 1. The number of nitrogens with one attached hydrogen (secondary N) is 1. The molecule has 0 aromatic carbocycles. The van der Waals surface area contributed by atoms with Gasteiger partial charge in [0.2, 0.25) is 0 Å². The average Bonchev–Trinajstić information content (AvgIpc) is 2.63. The molecule has 1 unspecified atom stereocenters. The lowest BCUT2D eigenvalue weighted by atomic mass is 10.0. The minimum Gasteiger partial charge on any atom is -0.396 e. The van der Waals surface area contributed by atoms with Crippen LogP contribution in [0, 0.1) is 5.92 Å². The van der Waals surface area contributed by atoms with Crippen molar-refractivity contribution in [2.75, 3.05) is 13.2 Å². The zero-order valence-corrected chi connectivity index (χ0v) is 11.4. The summed E-state index contributed by atoms with van der Waals surface area (Å²) in [7, 11) is 0. The fraction of sp³-hybridized carbons (Fsp3) is 0.636. The van der Waals surface area contributed by atoms with Crippen LogP contribution < -0.4 is 5.32 Å². The first-order valence-corrected chi connectivity index (χ1v) is 6.98. The van der Waals surface area contributed by atoms with Gasteiger partial charge in [-0.25, -0.2) is 0 Å². The van der Waals surface area contributed by atoms with E-state index in [1.807, 2.05) is 0 Å². The summed E-state index contributed by atoms with van der Waals surface area (Å²) in [5.74, 6) is 0.591. The quantitative estimate of drug-likeness (QED) is 0.809. The van der Waals surface area contributed by atoms with Crippen molar-refractivity contribution in [3.8, 4) is 0 Å². The maximum Gasteiger partial charge on any atom is 0.0434 e. The van der Waals surface area contributed by atoms with Crippen molar-refractivity contribution in [1.29, 1.82) is 0 Å². The van der Waals surface area contributed by atoms with Gasteiger partial charge >= 0.3 is 0 Å². The molecule has 1 heterocycles. The van der Waals surface area contributed by atoms with E-state index < -0.39 is 0 Å². The van der Waals surface area contributed by atoms with E-state index in [9.17, 15) is 0 Å². The molecule has 2 N–H and O–H groups in total. The molecule has 15 heavy (non-hydrogen) atoms. The molecule has 1 aromatic rings. The molecule has 2 nitrogen and oxygen atoms in total. The van der Waals surface area contributed by atoms with Crippen molar-refractivity contribution < 1.29 is 5.11 Å². The SMILES string of the molecule is CCC(CCO)CNCc1sccc1Br. The third kappa shape index (κ3) is 4.64. The molecule has 1 rings (SSSR count). The lowest BCUT2D eigenvalue weighted by molar-refractivity contribution is 0.251. The van der Waals surface area contributed by atoms with Gasteiger partial charge in [0.05, 0.1) is 0 Å². The standard InChI is InChI=1S/C11H18BrNOS/c1-2-9(3-5-14)7-13-8-11-10(12)4-6-15-11/h4,6,9,13-14H,2-3,5,7-8H2,1H3. The zero-order chi connectivity index (χ0) is 11.1. The largest absolute Gasteiger partial charge is 0.396 e. The van der Waals surface area contributed by atoms with Crippen LogP contribution in [-0.4, -0.2) is 18.3 Å². The molecule has 0 fully saturated rings. The van der Waals surface area contributed by atoms with Crippen molar-refractivity contribution in [3.63, 3.8) is 0 Å². The Kier molecular flexibility index (Phi) is 6.48. The fourth-order valence-corrected chi connectivity index (χ4v) is 2.94. The highest BCUT2D eigenvalue weighted by Gasteiger charge is 2.06.